The first-order chi connectivity index (χ1) is 8.91. The Kier molecular flexibility index (Phi) is 2.03. The lowest BCUT2D eigenvalue weighted by atomic mass is 9.50. The number of carbonyl (C=O) groups excluding carboxylic acids is 1. The summed E-state index contributed by atoms with van der Waals surface area (Å²) in [5.74, 6) is -0.323. The minimum Gasteiger partial charge on any atom is -0.458 e. The molecule has 4 nitrogen and oxygen atoms in total. The third-order valence-electron chi connectivity index (χ3n) is 6.14. The fraction of sp³-hybridized carbons (Fsp3) is 0.800. The predicted molar refractivity (Wildman–Crippen MR) is 67.3 cm³/mol. The average molecular weight is 264 g/mol. The number of epoxide rings is 1. The highest BCUT2D eigenvalue weighted by atomic mass is 16.6. The molecule has 1 N–H and O–H groups in total. The summed E-state index contributed by atoms with van der Waals surface area (Å²) in [5.41, 5.74) is -0.886. The maximum absolute atomic E-state index is 11.7. The van der Waals surface area contributed by atoms with Crippen molar-refractivity contribution in [3.8, 4) is 0 Å². The highest BCUT2D eigenvalue weighted by molar-refractivity contribution is 5.90. The van der Waals surface area contributed by atoms with Gasteiger partial charge in [0.25, 0.3) is 0 Å². The summed E-state index contributed by atoms with van der Waals surface area (Å²) < 4.78 is 11.1. The van der Waals surface area contributed by atoms with Crippen molar-refractivity contribution < 1.29 is 19.4 Å². The standard InChI is InChI=1S/C15H20O4/c1-9-10-6-15(17)13(2,7-11(10)19-12(9)16)4-3-5-14(15)8-18-14/h10-11,17H,1,3-8H2,2H3/t10-,11-,13-,14-,15+/m1/s1. The van der Waals surface area contributed by atoms with Gasteiger partial charge in [-0.05, 0) is 32.1 Å². The van der Waals surface area contributed by atoms with Crippen molar-refractivity contribution >= 4 is 5.97 Å². The SMILES string of the molecule is C=C1C(=O)O[C@@H]2C[C@@]3(C)CCC[C@@]4(CO4)[C@]3(O)C[C@H]12. The van der Waals surface area contributed by atoms with Crippen molar-refractivity contribution in [2.24, 2.45) is 11.3 Å². The average Bonchev–Trinajstić information content (AvgIpc) is 3.07. The van der Waals surface area contributed by atoms with Gasteiger partial charge in [0.15, 0.2) is 0 Å². The van der Waals surface area contributed by atoms with Crippen LogP contribution in [0.4, 0.5) is 0 Å². The molecule has 2 aliphatic carbocycles. The number of esters is 1. The van der Waals surface area contributed by atoms with Gasteiger partial charge in [0.1, 0.15) is 17.3 Å². The largest absolute Gasteiger partial charge is 0.458 e. The van der Waals surface area contributed by atoms with Crippen LogP contribution in [0.15, 0.2) is 12.2 Å². The molecular weight excluding hydrogens is 244 g/mol. The third kappa shape index (κ3) is 1.24. The fourth-order valence-corrected chi connectivity index (χ4v) is 4.77. The second-order valence-electron chi connectivity index (χ2n) is 7.04. The van der Waals surface area contributed by atoms with E-state index in [4.69, 9.17) is 9.47 Å². The van der Waals surface area contributed by atoms with Crippen LogP contribution >= 0.6 is 0 Å². The lowest BCUT2D eigenvalue weighted by molar-refractivity contribution is -0.204. The third-order valence-corrected chi connectivity index (χ3v) is 6.14. The van der Waals surface area contributed by atoms with Crippen molar-refractivity contribution in [2.45, 2.75) is 56.3 Å². The number of carbonyl (C=O) groups is 1. The van der Waals surface area contributed by atoms with E-state index in [0.717, 1.165) is 25.7 Å². The number of hydrogen-bond acceptors (Lipinski definition) is 4. The summed E-state index contributed by atoms with van der Waals surface area (Å²) in [7, 11) is 0. The summed E-state index contributed by atoms with van der Waals surface area (Å²) in [5, 5.41) is 11.4. The summed E-state index contributed by atoms with van der Waals surface area (Å²) in [6.45, 7) is 6.63. The van der Waals surface area contributed by atoms with E-state index in [-0.39, 0.29) is 29.0 Å². The molecule has 2 heterocycles. The Morgan fingerprint density at radius 1 is 1.37 bits per heavy atom. The number of aliphatic hydroxyl groups is 1. The van der Waals surface area contributed by atoms with E-state index in [2.05, 4.69) is 13.5 Å². The molecule has 4 fully saturated rings. The fourth-order valence-electron chi connectivity index (χ4n) is 4.77. The first kappa shape index (κ1) is 11.9. The summed E-state index contributed by atoms with van der Waals surface area (Å²) in [4.78, 5) is 11.7. The van der Waals surface area contributed by atoms with Gasteiger partial charge in [-0.1, -0.05) is 13.5 Å². The molecule has 0 aromatic rings. The van der Waals surface area contributed by atoms with E-state index in [0.29, 0.717) is 18.6 Å². The number of fused-ring (bicyclic) bond motifs is 3. The van der Waals surface area contributed by atoms with E-state index < -0.39 is 5.60 Å². The second-order valence-corrected chi connectivity index (χ2v) is 7.04. The zero-order chi connectivity index (χ0) is 13.5. The number of hydrogen-bond donors (Lipinski definition) is 1. The molecule has 0 bridgehead atoms. The molecule has 0 radical (unpaired) electrons. The molecule has 104 valence electrons. The lowest BCUT2D eigenvalue weighted by Gasteiger charge is -2.57. The van der Waals surface area contributed by atoms with Crippen molar-refractivity contribution in [2.75, 3.05) is 6.61 Å². The molecule has 19 heavy (non-hydrogen) atoms. The van der Waals surface area contributed by atoms with Crippen LogP contribution in [0.1, 0.15) is 39.0 Å². The van der Waals surface area contributed by atoms with Crippen molar-refractivity contribution in [3.63, 3.8) is 0 Å². The Hall–Kier alpha value is -0.870. The Morgan fingerprint density at radius 3 is 2.79 bits per heavy atom. The summed E-state index contributed by atoms with van der Waals surface area (Å²) in [6.07, 6.45) is 4.16. The molecule has 4 aliphatic rings. The molecular formula is C15H20O4. The zero-order valence-corrected chi connectivity index (χ0v) is 11.3. The Bertz CT molecular complexity index is 481. The van der Waals surface area contributed by atoms with E-state index >= 15 is 0 Å². The van der Waals surface area contributed by atoms with Crippen LogP contribution in [0.25, 0.3) is 0 Å². The van der Waals surface area contributed by atoms with E-state index in [1.807, 2.05) is 0 Å². The van der Waals surface area contributed by atoms with Gasteiger partial charge in [-0.3, -0.25) is 0 Å². The van der Waals surface area contributed by atoms with Crippen LogP contribution in [-0.2, 0) is 14.3 Å². The highest BCUT2D eigenvalue weighted by Crippen LogP contribution is 2.64. The minimum absolute atomic E-state index is 0.0373. The Morgan fingerprint density at radius 2 is 2.11 bits per heavy atom. The molecule has 2 saturated carbocycles. The minimum atomic E-state index is -0.837. The van der Waals surface area contributed by atoms with Gasteiger partial charge in [-0.15, -0.1) is 0 Å². The molecule has 1 spiro atoms. The smallest absolute Gasteiger partial charge is 0.334 e. The number of ether oxygens (including phenoxy) is 2. The molecule has 2 saturated heterocycles. The van der Waals surface area contributed by atoms with Crippen LogP contribution in [0.3, 0.4) is 0 Å². The topological polar surface area (TPSA) is 59.1 Å². The molecule has 0 unspecified atom stereocenters. The summed E-state index contributed by atoms with van der Waals surface area (Å²) in [6, 6.07) is 0. The van der Waals surface area contributed by atoms with E-state index in [1.54, 1.807) is 0 Å². The van der Waals surface area contributed by atoms with E-state index in [9.17, 15) is 9.90 Å². The quantitative estimate of drug-likeness (QED) is 0.410. The van der Waals surface area contributed by atoms with Crippen LogP contribution in [-0.4, -0.2) is 35.0 Å². The molecule has 2 aliphatic heterocycles. The molecule has 4 heteroatoms. The van der Waals surface area contributed by atoms with Gasteiger partial charge in [0, 0.05) is 16.9 Å². The maximum Gasteiger partial charge on any atom is 0.334 e. The van der Waals surface area contributed by atoms with Gasteiger partial charge < -0.3 is 14.6 Å². The molecule has 0 aromatic carbocycles. The van der Waals surface area contributed by atoms with Crippen molar-refractivity contribution in [1.82, 2.24) is 0 Å². The molecule has 0 aromatic heterocycles. The first-order valence-electron chi connectivity index (χ1n) is 7.17. The van der Waals surface area contributed by atoms with Gasteiger partial charge >= 0.3 is 5.97 Å². The van der Waals surface area contributed by atoms with Gasteiger partial charge in [0.2, 0.25) is 0 Å². The Labute approximate surface area is 112 Å². The van der Waals surface area contributed by atoms with Crippen molar-refractivity contribution in [1.29, 1.82) is 0 Å². The summed E-state index contributed by atoms with van der Waals surface area (Å²) >= 11 is 0. The highest BCUT2D eigenvalue weighted by Gasteiger charge is 2.73. The van der Waals surface area contributed by atoms with Gasteiger partial charge in [-0.2, -0.15) is 0 Å². The predicted octanol–water partition coefficient (Wildman–Crippen LogP) is 1.57. The monoisotopic (exact) mass is 264 g/mol. The Balaban J connectivity index is 1.76. The molecule has 4 rings (SSSR count). The van der Waals surface area contributed by atoms with Crippen LogP contribution in [0, 0.1) is 11.3 Å². The zero-order valence-electron chi connectivity index (χ0n) is 11.3. The van der Waals surface area contributed by atoms with Crippen LogP contribution in [0.2, 0.25) is 0 Å². The van der Waals surface area contributed by atoms with Gasteiger partial charge in [-0.25, -0.2) is 4.79 Å². The molecule has 0 amide bonds. The molecule has 5 atom stereocenters. The normalized spacial score (nSPS) is 55.7. The first-order valence-corrected chi connectivity index (χ1v) is 7.17. The second kappa shape index (κ2) is 3.23. The van der Waals surface area contributed by atoms with Gasteiger partial charge in [0.05, 0.1) is 6.61 Å². The maximum atomic E-state index is 11.7. The number of rotatable bonds is 0. The van der Waals surface area contributed by atoms with Crippen LogP contribution < -0.4 is 0 Å². The van der Waals surface area contributed by atoms with E-state index in [1.165, 1.54) is 0 Å². The lowest BCUT2D eigenvalue weighted by Crippen LogP contribution is -2.64. The van der Waals surface area contributed by atoms with Crippen molar-refractivity contribution in [3.05, 3.63) is 12.2 Å². The van der Waals surface area contributed by atoms with Crippen LogP contribution in [0.5, 0.6) is 0 Å².